The van der Waals surface area contributed by atoms with Crippen molar-refractivity contribution in [2.45, 2.75) is 0 Å². The summed E-state index contributed by atoms with van der Waals surface area (Å²) in [4.78, 5) is 12.1. The molecule has 0 aliphatic heterocycles. The van der Waals surface area contributed by atoms with E-state index < -0.39 is 0 Å². The minimum atomic E-state index is -0.263. The molecule has 0 aromatic heterocycles. The molecule has 0 radical (unpaired) electrons. The van der Waals surface area contributed by atoms with Crippen molar-refractivity contribution < 1.29 is 4.79 Å². The summed E-state index contributed by atoms with van der Waals surface area (Å²) in [6.45, 7) is 0. The second-order valence-electron chi connectivity index (χ2n) is 4.99. The summed E-state index contributed by atoms with van der Waals surface area (Å²) in [5.41, 5.74) is 4.46. The fourth-order valence-electron chi connectivity index (χ4n) is 2.20. The van der Waals surface area contributed by atoms with E-state index in [1.54, 1.807) is 36.5 Å². The Hall–Kier alpha value is -3.45. The Morgan fingerprint density at radius 1 is 1.00 bits per heavy atom. The summed E-state index contributed by atoms with van der Waals surface area (Å²) in [6, 6.07) is 22.4. The predicted molar refractivity (Wildman–Crippen MR) is 90.2 cm³/mol. The topological polar surface area (TPSA) is 65.2 Å². The maximum absolute atomic E-state index is 12.1. The zero-order valence-electron chi connectivity index (χ0n) is 12.2. The number of nitrogens with one attached hydrogen (secondary N) is 1. The van der Waals surface area contributed by atoms with Crippen LogP contribution in [0.3, 0.4) is 0 Å². The highest BCUT2D eigenvalue weighted by Gasteiger charge is 2.04. The third-order valence-electron chi connectivity index (χ3n) is 3.43. The molecule has 1 N–H and O–H groups in total. The zero-order chi connectivity index (χ0) is 16.1. The molecular formula is C19H13N3O. The van der Waals surface area contributed by atoms with E-state index in [2.05, 4.69) is 16.6 Å². The molecule has 0 bridgehead atoms. The van der Waals surface area contributed by atoms with E-state index in [0.717, 1.165) is 16.3 Å². The molecule has 3 rings (SSSR count). The Morgan fingerprint density at radius 3 is 2.48 bits per heavy atom. The first-order valence-electron chi connectivity index (χ1n) is 7.08. The first kappa shape index (κ1) is 14.5. The van der Waals surface area contributed by atoms with Gasteiger partial charge < -0.3 is 0 Å². The van der Waals surface area contributed by atoms with Crippen LogP contribution in [-0.4, -0.2) is 12.1 Å². The number of rotatable bonds is 3. The number of hydrogen-bond donors (Lipinski definition) is 1. The van der Waals surface area contributed by atoms with E-state index in [1.807, 2.05) is 36.4 Å². The normalized spacial score (nSPS) is 10.6. The molecule has 0 heterocycles. The summed E-state index contributed by atoms with van der Waals surface area (Å²) in [7, 11) is 0. The van der Waals surface area contributed by atoms with Gasteiger partial charge in [0.25, 0.3) is 5.91 Å². The van der Waals surface area contributed by atoms with Crippen molar-refractivity contribution in [3.8, 4) is 6.07 Å². The minimum Gasteiger partial charge on any atom is -0.267 e. The third-order valence-corrected chi connectivity index (χ3v) is 3.43. The molecule has 0 unspecified atom stereocenters. The summed E-state index contributed by atoms with van der Waals surface area (Å²) in [6.07, 6.45) is 1.54. The van der Waals surface area contributed by atoms with Crippen LogP contribution >= 0.6 is 0 Å². The van der Waals surface area contributed by atoms with Gasteiger partial charge in [-0.2, -0.15) is 10.4 Å². The molecule has 0 aliphatic carbocycles. The minimum absolute atomic E-state index is 0.263. The number of hydrogen-bond acceptors (Lipinski definition) is 3. The summed E-state index contributed by atoms with van der Waals surface area (Å²) < 4.78 is 0. The highest BCUT2D eigenvalue weighted by atomic mass is 16.2. The smallest absolute Gasteiger partial charge is 0.267 e. The van der Waals surface area contributed by atoms with Crippen LogP contribution in [0.4, 0.5) is 0 Å². The number of carbonyl (C=O) groups is 1. The van der Waals surface area contributed by atoms with Gasteiger partial charge in [-0.1, -0.05) is 42.5 Å². The van der Waals surface area contributed by atoms with E-state index in [-0.39, 0.29) is 5.91 Å². The summed E-state index contributed by atoms with van der Waals surface area (Å²) in [5, 5.41) is 14.8. The number of hydrazone groups is 1. The monoisotopic (exact) mass is 299 g/mol. The van der Waals surface area contributed by atoms with Gasteiger partial charge in [-0.3, -0.25) is 4.79 Å². The van der Waals surface area contributed by atoms with Crippen LogP contribution in [-0.2, 0) is 0 Å². The van der Waals surface area contributed by atoms with Gasteiger partial charge in [-0.05, 0) is 40.6 Å². The zero-order valence-corrected chi connectivity index (χ0v) is 12.2. The SMILES string of the molecule is N#Cc1ccc(/C=N\NC(=O)c2ccc3ccccc3c2)cc1. The molecule has 0 fully saturated rings. The number of fused-ring (bicyclic) bond motifs is 1. The Morgan fingerprint density at radius 2 is 1.74 bits per heavy atom. The molecule has 23 heavy (non-hydrogen) atoms. The van der Waals surface area contributed by atoms with Gasteiger partial charge in [0.05, 0.1) is 17.8 Å². The molecule has 4 nitrogen and oxygen atoms in total. The van der Waals surface area contributed by atoms with Crippen molar-refractivity contribution in [2.24, 2.45) is 5.10 Å². The van der Waals surface area contributed by atoms with E-state index in [0.29, 0.717) is 11.1 Å². The average Bonchev–Trinajstić information content (AvgIpc) is 2.61. The van der Waals surface area contributed by atoms with Gasteiger partial charge >= 0.3 is 0 Å². The number of nitrogens with zero attached hydrogens (tertiary/aromatic N) is 2. The van der Waals surface area contributed by atoms with Gasteiger partial charge in [-0.15, -0.1) is 0 Å². The van der Waals surface area contributed by atoms with Gasteiger partial charge in [-0.25, -0.2) is 5.43 Å². The van der Waals surface area contributed by atoms with Gasteiger partial charge in [0.15, 0.2) is 0 Å². The highest BCUT2D eigenvalue weighted by molar-refractivity contribution is 5.98. The van der Waals surface area contributed by atoms with Crippen LogP contribution in [0.15, 0.2) is 71.8 Å². The molecule has 0 saturated carbocycles. The second-order valence-corrected chi connectivity index (χ2v) is 4.99. The molecule has 0 atom stereocenters. The molecule has 4 heteroatoms. The largest absolute Gasteiger partial charge is 0.271 e. The van der Waals surface area contributed by atoms with Gasteiger partial charge in [0.2, 0.25) is 0 Å². The number of nitriles is 1. The first-order chi connectivity index (χ1) is 11.3. The second kappa shape index (κ2) is 6.54. The van der Waals surface area contributed by atoms with Crippen LogP contribution < -0.4 is 5.43 Å². The molecular weight excluding hydrogens is 286 g/mol. The quantitative estimate of drug-likeness (QED) is 0.594. The van der Waals surface area contributed by atoms with Crippen LogP contribution in [0, 0.1) is 11.3 Å². The van der Waals surface area contributed by atoms with Crippen LogP contribution in [0.2, 0.25) is 0 Å². The lowest BCUT2D eigenvalue weighted by Gasteiger charge is -2.02. The highest BCUT2D eigenvalue weighted by Crippen LogP contribution is 2.15. The predicted octanol–water partition coefficient (Wildman–Crippen LogP) is 3.48. The Labute approximate surface area is 133 Å². The van der Waals surface area contributed by atoms with E-state index >= 15 is 0 Å². The van der Waals surface area contributed by atoms with Crippen molar-refractivity contribution in [3.63, 3.8) is 0 Å². The lowest BCUT2D eigenvalue weighted by molar-refractivity contribution is 0.0955. The lowest BCUT2D eigenvalue weighted by Crippen LogP contribution is -2.17. The Balaban J connectivity index is 1.70. The van der Waals surface area contributed by atoms with Gasteiger partial charge in [0.1, 0.15) is 0 Å². The van der Waals surface area contributed by atoms with Crippen molar-refractivity contribution in [2.75, 3.05) is 0 Å². The number of amides is 1. The fraction of sp³-hybridized carbons (Fsp3) is 0. The molecule has 0 saturated heterocycles. The standard InChI is InChI=1S/C19H13N3O/c20-12-14-5-7-15(8-6-14)13-21-22-19(23)18-10-9-16-3-1-2-4-17(16)11-18/h1-11,13H,(H,22,23)/b21-13-. The maximum atomic E-state index is 12.1. The number of carbonyl (C=O) groups excluding carboxylic acids is 1. The first-order valence-corrected chi connectivity index (χ1v) is 7.08. The molecule has 0 spiro atoms. The Kier molecular flexibility index (Phi) is 4.12. The molecule has 1 amide bonds. The van der Waals surface area contributed by atoms with Crippen LogP contribution in [0.1, 0.15) is 21.5 Å². The van der Waals surface area contributed by atoms with Crippen molar-refractivity contribution in [1.82, 2.24) is 5.43 Å². The summed E-state index contributed by atoms with van der Waals surface area (Å²) >= 11 is 0. The molecule has 110 valence electrons. The lowest BCUT2D eigenvalue weighted by atomic mass is 10.1. The van der Waals surface area contributed by atoms with Crippen molar-refractivity contribution in [3.05, 3.63) is 83.4 Å². The summed E-state index contributed by atoms with van der Waals surface area (Å²) in [5.74, 6) is -0.263. The third kappa shape index (κ3) is 3.42. The van der Waals surface area contributed by atoms with Crippen LogP contribution in [0.5, 0.6) is 0 Å². The average molecular weight is 299 g/mol. The van der Waals surface area contributed by atoms with Crippen molar-refractivity contribution >= 4 is 22.9 Å². The van der Waals surface area contributed by atoms with E-state index in [4.69, 9.17) is 5.26 Å². The molecule has 0 aliphatic rings. The van der Waals surface area contributed by atoms with Gasteiger partial charge in [0, 0.05) is 5.56 Å². The maximum Gasteiger partial charge on any atom is 0.271 e. The van der Waals surface area contributed by atoms with Crippen molar-refractivity contribution in [1.29, 1.82) is 5.26 Å². The fourth-order valence-corrected chi connectivity index (χ4v) is 2.20. The van der Waals surface area contributed by atoms with E-state index in [9.17, 15) is 4.79 Å². The Bertz CT molecular complexity index is 921. The number of benzene rings is 3. The molecule has 3 aromatic rings. The van der Waals surface area contributed by atoms with Crippen LogP contribution in [0.25, 0.3) is 10.8 Å². The van der Waals surface area contributed by atoms with E-state index in [1.165, 1.54) is 0 Å². The molecule has 3 aromatic carbocycles.